The van der Waals surface area contributed by atoms with Crippen molar-refractivity contribution in [3.8, 4) is 5.88 Å². The fraction of sp³-hybridized carbons (Fsp3) is 0.348. The van der Waals surface area contributed by atoms with Gasteiger partial charge in [0.25, 0.3) is 0 Å². The van der Waals surface area contributed by atoms with E-state index in [1.54, 1.807) is 24.3 Å². The molecule has 2 amide bonds. The minimum atomic E-state index is -0.404. The number of carbonyl (C=O) groups excluding carboxylic acids is 2. The number of cyclic esters (lactones) is 1. The summed E-state index contributed by atoms with van der Waals surface area (Å²) in [6.45, 7) is 2.33. The highest BCUT2D eigenvalue weighted by atomic mass is 32.2. The lowest BCUT2D eigenvalue weighted by molar-refractivity contribution is -0.113. The molecule has 34 heavy (non-hydrogen) atoms. The van der Waals surface area contributed by atoms with E-state index in [0.29, 0.717) is 49.1 Å². The number of nitrogens with one attached hydrogen (secondary N) is 2. The normalized spacial score (nSPS) is 17.4. The van der Waals surface area contributed by atoms with Crippen LogP contribution in [0.3, 0.4) is 0 Å². The maximum absolute atomic E-state index is 12.4. The van der Waals surface area contributed by atoms with Gasteiger partial charge in [-0.1, -0.05) is 0 Å². The highest BCUT2D eigenvalue weighted by molar-refractivity contribution is 8.00. The summed E-state index contributed by atoms with van der Waals surface area (Å²) < 4.78 is 10.9. The molecule has 3 aromatic heterocycles. The standard InChI is InChI=1S/C23H24N6O4S/c1-32-20-6-4-16-21(28-20)15(7-9-25-16)17-12-29(23(31)33-17)10-2-8-24-11-14-3-5-18-22(26-14)27-19(30)13-34-18/h3-7,9,17,24H,2,8,10-13H2,1H3,(H,26,27,30). The van der Waals surface area contributed by atoms with Crippen LogP contribution in [0.5, 0.6) is 5.88 Å². The average molecular weight is 481 g/mol. The van der Waals surface area contributed by atoms with Gasteiger partial charge in [0.05, 0.1) is 41.0 Å². The second kappa shape index (κ2) is 9.82. The molecule has 0 spiro atoms. The van der Waals surface area contributed by atoms with Gasteiger partial charge < -0.3 is 25.0 Å². The van der Waals surface area contributed by atoms with E-state index in [9.17, 15) is 9.59 Å². The summed E-state index contributed by atoms with van der Waals surface area (Å²) in [7, 11) is 1.56. The number of nitrogens with zero attached hydrogens (tertiary/aromatic N) is 4. The molecule has 3 aromatic rings. The first-order valence-corrected chi connectivity index (χ1v) is 12.0. The van der Waals surface area contributed by atoms with Crippen molar-refractivity contribution in [2.45, 2.75) is 24.0 Å². The molecule has 0 radical (unpaired) electrons. The summed E-state index contributed by atoms with van der Waals surface area (Å²) in [6, 6.07) is 9.38. The zero-order chi connectivity index (χ0) is 23.5. The molecule has 2 aliphatic rings. The molecule has 2 aliphatic heterocycles. The number of pyridine rings is 3. The van der Waals surface area contributed by atoms with Crippen LogP contribution in [0.2, 0.25) is 0 Å². The Labute approximate surface area is 200 Å². The number of aromatic nitrogens is 3. The lowest BCUT2D eigenvalue weighted by atomic mass is 10.1. The zero-order valence-corrected chi connectivity index (χ0v) is 19.4. The molecule has 0 bridgehead atoms. The Morgan fingerprint density at radius 2 is 2.15 bits per heavy atom. The molecular formula is C23H24N6O4S. The third-order valence-corrected chi connectivity index (χ3v) is 6.70. The van der Waals surface area contributed by atoms with E-state index in [1.807, 2.05) is 24.3 Å². The number of fused-ring (bicyclic) bond motifs is 2. The Kier molecular flexibility index (Phi) is 6.45. The van der Waals surface area contributed by atoms with Gasteiger partial charge in [0.15, 0.2) is 0 Å². The number of ether oxygens (including phenoxy) is 2. The van der Waals surface area contributed by atoms with E-state index >= 15 is 0 Å². The number of methoxy groups -OCH3 is 1. The molecule has 1 saturated heterocycles. The van der Waals surface area contributed by atoms with Gasteiger partial charge in [-0.3, -0.25) is 9.78 Å². The van der Waals surface area contributed by atoms with Crippen LogP contribution in [-0.4, -0.2) is 64.3 Å². The lowest BCUT2D eigenvalue weighted by Gasteiger charge is -2.16. The van der Waals surface area contributed by atoms with Crippen LogP contribution in [0, 0.1) is 0 Å². The van der Waals surface area contributed by atoms with Crippen LogP contribution in [0.15, 0.2) is 41.4 Å². The quantitative estimate of drug-likeness (QED) is 0.469. The maximum atomic E-state index is 12.4. The van der Waals surface area contributed by atoms with E-state index in [1.165, 1.54) is 11.8 Å². The summed E-state index contributed by atoms with van der Waals surface area (Å²) >= 11 is 1.49. The van der Waals surface area contributed by atoms with Gasteiger partial charge in [-0.25, -0.2) is 14.8 Å². The topological polar surface area (TPSA) is 119 Å². The van der Waals surface area contributed by atoms with Gasteiger partial charge >= 0.3 is 6.09 Å². The van der Waals surface area contributed by atoms with Crippen molar-refractivity contribution < 1.29 is 19.1 Å². The summed E-state index contributed by atoms with van der Waals surface area (Å²) in [5, 5.41) is 6.15. The second-order valence-electron chi connectivity index (χ2n) is 7.96. The van der Waals surface area contributed by atoms with Crippen LogP contribution in [0.25, 0.3) is 11.0 Å². The number of hydrogen-bond acceptors (Lipinski definition) is 9. The predicted molar refractivity (Wildman–Crippen MR) is 127 cm³/mol. The van der Waals surface area contributed by atoms with E-state index in [-0.39, 0.29) is 12.0 Å². The van der Waals surface area contributed by atoms with Gasteiger partial charge in [-0.05, 0) is 37.2 Å². The monoisotopic (exact) mass is 480 g/mol. The molecule has 176 valence electrons. The Morgan fingerprint density at radius 1 is 1.24 bits per heavy atom. The van der Waals surface area contributed by atoms with Crippen LogP contribution < -0.4 is 15.4 Å². The van der Waals surface area contributed by atoms with Crippen molar-refractivity contribution >= 4 is 40.6 Å². The molecule has 0 saturated carbocycles. The second-order valence-corrected chi connectivity index (χ2v) is 8.97. The van der Waals surface area contributed by atoms with Gasteiger partial charge in [0.1, 0.15) is 11.9 Å². The maximum Gasteiger partial charge on any atom is 0.410 e. The fourth-order valence-corrected chi connectivity index (χ4v) is 4.72. The first kappa shape index (κ1) is 22.4. The third-order valence-electron chi connectivity index (χ3n) is 5.65. The van der Waals surface area contributed by atoms with Crippen molar-refractivity contribution in [1.29, 1.82) is 0 Å². The molecule has 10 nitrogen and oxygen atoms in total. The summed E-state index contributed by atoms with van der Waals surface area (Å²) in [4.78, 5) is 40.0. The van der Waals surface area contributed by atoms with Crippen LogP contribution >= 0.6 is 11.8 Å². The highest BCUT2D eigenvalue weighted by Crippen LogP contribution is 2.31. The number of anilines is 1. The number of thioether (sulfide) groups is 1. The SMILES string of the molecule is COc1ccc2nccc(C3CN(CCCNCc4ccc5c(n4)NC(=O)CS5)C(=O)O3)c2n1. The molecule has 5 rings (SSSR count). The smallest absolute Gasteiger partial charge is 0.410 e. The van der Waals surface area contributed by atoms with E-state index in [2.05, 4.69) is 25.6 Å². The van der Waals surface area contributed by atoms with Crippen molar-refractivity contribution in [3.05, 3.63) is 47.8 Å². The summed E-state index contributed by atoms with van der Waals surface area (Å²) in [5.41, 5.74) is 3.08. The molecule has 0 aliphatic carbocycles. The fourth-order valence-electron chi connectivity index (χ4n) is 3.97. The molecule has 5 heterocycles. The van der Waals surface area contributed by atoms with Crippen molar-refractivity contribution in [1.82, 2.24) is 25.2 Å². The number of amides is 2. The van der Waals surface area contributed by atoms with Crippen molar-refractivity contribution in [2.75, 3.05) is 37.8 Å². The lowest BCUT2D eigenvalue weighted by Crippen LogP contribution is -2.28. The Balaban J connectivity index is 1.13. The molecule has 0 aromatic carbocycles. The molecular weight excluding hydrogens is 456 g/mol. The van der Waals surface area contributed by atoms with Gasteiger partial charge in [0.2, 0.25) is 11.8 Å². The Morgan fingerprint density at radius 3 is 3.03 bits per heavy atom. The van der Waals surface area contributed by atoms with Gasteiger partial charge in [-0.15, -0.1) is 11.8 Å². The third kappa shape index (κ3) is 4.75. The highest BCUT2D eigenvalue weighted by Gasteiger charge is 2.33. The first-order chi connectivity index (χ1) is 16.6. The first-order valence-electron chi connectivity index (χ1n) is 11.0. The predicted octanol–water partition coefficient (Wildman–Crippen LogP) is 2.75. The minimum Gasteiger partial charge on any atom is -0.481 e. The Hall–Kier alpha value is -3.44. The molecule has 1 atom stereocenters. The minimum absolute atomic E-state index is 0.0272. The molecule has 2 N–H and O–H groups in total. The van der Waals surface area contributed by atoms with E-state index in [0.717, 1.165) is 28.1 Å². The van der Waals surface area contributed by atoms with Crippen molar-refractivity contribution in [2.24, 2.45) is 0 Å². The summed E-state index contributed by atoms with van der Waals surface area (Å²) in [5.74, 6) is 1.51. The van der Waals surface area contributed by atoms with Crippen LogP contribution in [-0.2, 0) is 16.1 Å². The molecule has 1 fully saturated rings. The zero-order valence-electron chi connectivity index (χ0n) is 18.6. The van der Waals surface area contributed by atoms with Crippen LogP contribution in [0.1, 0.15) is 23.8 Å². The Bertz CT molecular complexity index is 1240. The number of carbonyl (C=O) groups is 2. The number of rotatable bonds is 8. The van der Waals surface area contributed by atoms with Gasteiger partial charge in [-0.2, -0.15) is 0 Å². The van der Waals surface area contributed by atoms with E-state index < -0.39 is 6.10 Å². The summed E-state index contributed by atoms with van der Waals surface area (Å²) in [6.07, 6.45) is 1.73. The van der Waals surface area contributed by atoms with Crippen molar-refractivity contribution in [3.63, 3.8) is 0 Å². The average Bonchev–Trinajstić information content (AvgIpc) is 3.22. The van der Waals surface area contributed by atoms with E-state index in [4.69, 9.17) is 9.47 Å². The van der Waals surface area contributed by atoms with Crippen LogP contribution in [0.4, 0.5) is 10.6 Å². The number of hydrogen-bond donors (Lipinski definition) is 2. The molecule has 11 heteroatoms. The molecule has 1 unspecified atom stereocenters. The van der Waals surface area contributed by atoms with Gasteiger partial charge in [0, 0.05) is 30.9 Å². The largest absolute Gasteiger partial charge is 0.481 e.